The number of rotatable bonds is 3. The molecule has 1 rings (SSSR count). The maximum Gasteiger partial charge on any atom is 0.330 e. The molecule has 0 spiro atoms. The molecule has 0 heterocycles. The van der Waals surface area contributed by atoms with Gasteiger partial charge in [-0.1, -0.05) is 18.2 Å². The van der Waals surface area contributed by atoms with E-state index in [-0.39, 0.29) is 5.91 Å². The van der Waals surface area contributed by atoms with Crippen molar-refractivity contribution in [1.29, 1.82) is 0 Å². The van der Waals surface area contributed by atoms with E-state index in [0.29, 0.717) is 11.3 Å². The predicted octanol–water partition coefficient (Wildman–Crippen LogP) is 1.71. The summed E-state index contributed by atoms with van der Waals surface area (Å²) in [5, 5.41) is 11.0. The zero-order valence-electron chi connectivity index (χ0n) is 9.15. The Balaban J connectivity index is 2.81. The summed E-state index contributed by atoms with van der Waals surface area (Å²) < 4.78 is 0. The molecule has 0 fully saturated rings. The largest absolute Gasteiger partial charge is 0.478 e. The summed E-state index contributed by atoms with van der Waals surface area (Å²) in [5.41, 5.74) is 1.70. The number of benzene rings is 1. The van der Waals surface area contributed by atoms with E-state index in [9.17, 15) is 9.59 Å². The molecule has 0 saturated heterocycles. The van der Waals surface area contributed by atoms with Crippen LogP contribution in [-0.4, -0.2) is 17.0 Å². The van der Waals surface area contributed by atoms with Gasteiger partial charge in [0.25, 0.3) is 5.91 Å². The Morgan fingerprint density at radius 2 is 1.94 bits per heavy atom. The Labute approximate surface area is 93.6 Å². The third kappa shape index (κ3) is 3.24. The number of carboxylic acids is 1. The molecule has 1 aromatic rings. The Hall–Kier alpha value is -2.10. The van der Waals surface area contributed by atoms with Gasteiger partial charge in [-0.05, 0) is 25.5 Å². The molecule has 2 N–H and O–H groups in total. The van der Waals surface area contributed by atoms with Crippen LogP contribution in [0.4, 0.5) is 0 Å². The highest BCUT2D eigenvalue weighted by atomic mass is 16.4. The minimum atomic E-state index is -1.08. The fourth-order valence-corrected chi connectivity index (χ4v) is 1.30. The van der Waals surface area contributed by atoms with Crippen molar-refractivity contribution in [3.8, 4) is 0 Å². The van der Waals surface area contributed by atoms with E-state index >= 15 is 0 Å². The van der Waals surface area contributed by atoms with E-state index in [1.54, 1.807) is 12.1 Å². The molecule has 0 unspecified atom stereocenters. The van der Waals surface area contributed by atoms with Crippen LogP contribution in [0.2, 0.25) is 0 Å². The van der Waals surface area contributed by atoms with E-state index < -0.39 is 5.97 Å². The number of carbonyl (C=O) groups excluding carboxylic acids is 1. The second kappa shape index (κ2) is 5.11. The highest BCUT2D eigenvalue weighted by Crippen LogP contribution is 2.07. The van der Waals surface area contributed by atoms with Gasteiger partial charge in [0.2, 0.25) is 0 Å². The van der Waals surface area contributed by atoms with Gasteiger partial charge in [-0.3, -0.25) is 4.79 Å². The van der Waals surface area contributed by atoms with Crippen molar-refractivity contribution in [3.63, 3.8) is 0 Å². The van der Waals surface area contributed by atoms with E-state index in [1.165, 1.54) is 6.92 Å². The molecular weight excluding hydrogens is 206 g/mol. The smallest absolute Gasteiger partial charge is 0.330 e. The maximum atomic E-state index is 11.7. The van der Waals surface area contributed by atoms with Crippen molar-refractivity contribution in [1.82, 2.24) is 5.32 Å². The summed E-state index contributed by atoms with van der Waals surface area (Å²) in [7, 11) is 0. The summed E-state index contributed by atoms with van der Waals surface area (Å²) in [6.45, 7) is 3.36. The van der Waals surface area contributed by atoms with Gasteiger partial charge in [0.1, 0.15) is 0 Å². The average Bonchev–Trinajstić information content (AvgIpc) is 2.16. The third-order valence-corrected chi connectivity index (χ3v) is 2.04. The monoisotopic (exact) mass is 219 g/mol. The lowest BCUT2D eigenvalue weighted by molar-refractivity contribution is -0.131. The standard InChI is InChI=1S/C12H13NO3/c1-8-5-3-4-6-10(8)12(16)13-9(2)7-11(14)15/h3-7H,1-2H3,(H,13,16)(H,14,15)/b9-7+. The van der Waals surface area contributed by atoms with Crippen molar-refractivity contribution < 1.29 is 14.7 Å². The van der Waals surface area contributed by atoms with Crippen LogP contribution in [0.25, 0.3) is 0 Å². The van der Waals surface area contributed by atoms with Gasteiger partial charge in [-0.2, -0.15) is 0 Å². The first-order chi connectivity index (χ1) is 7.50. The minimum absolute atomic E-state index is 0.298. The molecule has 1 amide bonds. The summed E-state index contributed by atoms with van der Waals surface area (Å²) in [6, 6.07) is 7.12. The summed E-state index contributed by atoms with van der Waals surface area (Å²) in [6.07, 6.45) is 0.955. The number of aliphatic carboxylic acids is 1. The first kappa shape index (κ1) is 12.0. The number of hydrogen-bond donors (Lipinski definition) is 2. The van der Waals surface area contributed by atoms with Gasteiger partial charge >= 0.3 is 5.97 Å². The van der Waals surface area contributed by atoms with Gasteiger partial charge in [-0.15, -0.1) is 0 Å². The molecular formula is C12H13NO3. The normalized spacial score (nSPS) is 11.0. The molecule has 0 radical (unpaired) electrons. The molecule has 0 bridgehead atoms. The number of aryl methyl sites for hydroxylation is 1. The Bertz CT molecular complexity index is 449. The van der Waals surface area contributed by atoms with Gasteiger partial charge < -0.3 is 10.4 Å². The van der Waals surface area contributed by atoms with Crippen LogP contribution >= 0.6 is 0 Å². The number of carboxylic acid groups (broad SMARTS) is 1. The van der Waals surface area contributed by atoms with E-state index in [1.807, 2.05) is 19.1 Å². The highest BCUT2D eigenvalue weighted by Gasteiger charge is 2.08. The molecule has 0 aromatic heterocycles. The van der Waals surface area contributed by atoms with E-state index in [4.69, 9.17) is 5.11 Å². The van der Waals surface area contributed by atoms with Crippen molar-refractivity contribution in [3.05, 3.63) is 47.2 Å². The second-order valence-electron chi connectivity index (χ2n) is 3.43. The van der Waals surface area contributed by atoms with Crippen LogP contribution < -0.4 is 5.32 Å². The molecule has 0 aliphatic rings. The van der Waals surface area contributed by atoms with Crippen molar-refractivity contribution >= 4 is 11.9 Å². The van der Waals surface area contributed by atoms with Crippen molar-refractivity contribution in [2.45, 2.75) is 13.8 Å². The van der Waals surface area contributed by atoms with Crippen LogP contribution in [0.5, 0.6) is 0 Å². The lowest BCUT2D eigenvalue weighted by Gasteiger charge is -2.06. The van der Waals surface area contributed by atoms with Gasteiger partial charge in [0, 0.05) is 17.3 Å². The zero-order chi connectivity index (χ0) is 12.1. The zero-order valence-corrected chi connectivity index (χ0v) is 9.15. The van der Waals surface area contributed by atoms with Crippen LogP contribution in [-0.2, 0) is 4.79 Å². The van der Waals surface area contributed by atoms with Crippen LogP contribution in [0.15, 0.2) is 36.0 Å². The number of carbonyl (C=O) groups is 2. The van der Waals surface area contributed by atoms with Crippen LogP contribution in [0, 0.1) is 6.92 Å². The predicted molar refractivity (Wildman–Crippen MR) is 60.0 cm³/mol. The first-order valence-corrected chi connectivity index (χ1v) is 4.79. The number of amides is 1. The van der Waals surface area contributed by atoms with Crippen molar-refractivity contribution in [2.24, 2.45) is 0 Å². The number of allylic oxidation sites excluding steroid dienone is 1. The van der Waals surface area contributed by atoms with Gasteiger partial charge in [-0.25, -0.2) is 4.79 Å². The molecule has 0 saturated carbocycles. The van der Waals surface area contributed by atoms with Gasteiger partial charge in [0.05, 0.1) is 0 Å². The van der Waals surface area contributed by atoms with E-state index in [2.05, 4.69) is 5.32 Å². The lowest BCUT2D eigenvalue weighted by Crippen LogP contribution is -2.22. The quantitative estimate of drug-likeness (QED) is 0.760. The first-order valence-electron chi connectivity index (χ1n) is 4.79. The molecule has 4 nitrogen and oxygen atoms in total. The lowest BCUT2D eigenvalue weighted by atomic mass is 10.1. The molecule has 0 atom stereocenters. The summed E-state index contributed by atoms with van der Waals surface area (Å²) in [5.74, 6) is -1.38. The Morgan fingerprint density at radius 3 is 2.50 bits per heavy atom. The topological polar surface area (TPSA) is 66.4 Å². The average molecular weight is 219 g/mol. The number of nitrogens with one attached hydrogen (secondary N) is 1. The number of hydrogen-bond acceptors (Lipinski definition) is 2. The van der Waals surface area contributed by atoms with Gasteiger partial charge in [0.15, 0.2) is 0 Å². The van der Waals surface area contributed by atoms with Crippen molar-refractivity contribution in [2.75, 3.05) is 0 Å². The van der Waals surface area contributed by atoms with Crippen LogP contribution in [0.3, 0.4) is 0 Å². The fraction of sp³-hybridized carbons (Fsp3) is 0.167. The summed E-state index contributed by atoms with van der Waals surface area (Å²) >= 11 is 0. The van der Waals surface area contributed by atoms with Crippen LogP contribution in [0.1, 0.15) is 22.8 Å². The molecule has 0 aliphatic carbocycles. The molecule has 1 aromatic carbocycles. The Kier molecular flexibility index (Phi) is 3.83. The SMILES string of the molecule is C/C(=C\C(=O)O)NC(=O)c1ccccc1C. The summed E-state index contributed by atoms with van der Waals surface area (Å²) in [4.78, 5) is 22.1. The highest BCUT2D eigenvalue weighted by molar-refractivity contribution is 5.97. The fourth-order valence-electron chi connectivity index (χ4n) is 1.30. The van der Waals surface area contributed by atoms with E-state index in [0.717, 1.165) is 11.6 Å². The minimum Gasteiger partial charge on any atom is -0.478 e. The Morgan fingerprint density at radius 1 is 1.31 bits per heavy atom. The molecule has 84 valence electrons. The molecule has 0 aliphatic heterocycles. The second-order valence-corrected chi connectivity index (χ2v) is 3.43. The molecule has 16 heavy (non-hydrogen) atoms. The third-order valence-electron chi connectivity index (χ3n) is 2.04. The molecule has 4 heteroatoms. The maximum absolute atomic E-state index is 11.7.